The number of benzene rings is 1. The van der Waals surface area contributed by atoms with Crippen LogP contribution in [0.15, 0.2) is 41.8 Å². The van der Waals surface area contributed by atoms with Crippen molar-refractivity contribution in [3.63, 3.8) is 0 Å². The monoisotopic (exact) mass is 364 g/mol. The van der Waals surface area contributed by atoms with Crippen LogP contribution < -0.4 is 10.7 Å². The van der Waals surface area contributed by atoms with Gasteiger partial charge in [-0.15, -0.1) is 0 Å². The Balaban J connectivity index is 1.88. The molecular weight excluding hydrogens is 347 g/mol. The normalized spacial score (nSPS) is 11.0. The van der Waals surface area contributed by atoms with Crippen molar-refractivity contribution < 1.29 is 4.79 Å². The first-order valence-electron chi connectivity index (χ1n) is 7.42. The lowest BCUT2D eigenvalue weighted by molar-refractivity contribution is -0.119. The number of nitrogens with one attached hydrogen (secondary N) is 2. The summed E-state index contributed by atoms with van der Waals surface area (Å²) in [5, 5.41) is 7.65. The Kier molecular flexibility index (Phi) is 6.58. The van der Waals surface area contributed by atoms with Crippen LogP contribution in [0.3, 0.4) is 0 Å². The molecule has 0 aliphatic carbocycles. The van der Waals surface area contributed by atoms with Gasteiger partial charge in [0, 0.05) is 23.6 Å². The summed E-state index contributed by atoms with van der Waals surface area (Å²) in [6.45, 7) is 4.35. The highest BCUT2D eigenvalue weighted by molar-refractivity contribution is 6.38. The smallest absolute Gasteiger partial charge is 0.259 e. The van der Waals surface area contributed by atoms with Crippen LogP contribution in [-0.4, -0.2) is 23.7 Å². The molecule has 0 saturated heterocycles. The van der Waals surface area contributed by atoms with Crippen LogP contribution >= 0.6 is 23.2 Å². The maximum absolute atomic E-state index is 11.8. The zero-order chi connectivity index (χ0) is 17.5. The summed E-state index contributed by atoms with van der Waals surface area (Å²) >= 11 is 11.9. The second-order valence-corrected chi connectivity index (χ2v) is 6.26. The topological polar surface area (TPSA) is 66.4 Å². The molecule has 1 heterocycles. The number of anilines is 1. The third-order valence-corrected chi connectivity index (χ3v) is 3.88. The second-order valence-electron chi connectivity index (χ2n) is 5.44. The van der Waals surface area contributed by atoms with E-state index in [9.17, 15) is 4.79 Å². The molecule has 0 fully saturated rings. The Hall–Kier alpha value is -2.11. The van der Waals surface area contributed by atoms with Crippen molar-refractivity contribution in [1.82, 2.24) is 10.4 Å². The molecule has 0 saturated carbocycles. The van der Waals surface area contributed by atoms with E-state index in [0.717, 1.165) is 5.69 Å². The Labute approximate surface area is 151 Å². The molecule has 1 amide bonds. The maximum Gasteiger partial charge on any atom is 0.259 e. The Morgan fingerprint density at radius 3 is 2.67 bits per heavy atom. The maximum atomic E-state index is 11.8. The molecule has 2 aromatic rings. The van der Waals surface area contributed by atoms with Crippen molar-refractivity contribution >= 4 is 41.0 Å². The lowest BCUT2D eigenvalue weighted by Gasteiger charge is -2.09. The molecule has 0 radical (unpaired) electrons. The molecule has 0 bridgehead atoms. The van der Waals surface area contributed by atoms with E-state index >= 15 is 0 Å². The Morgan fingerprint density at radius 1 is 1.29 bits per heavy atom. The molecule has 126 valence electrons. The van der Waals surface area contributed by atoms with E-state index < -0.39 is 0 Å². The van der Waals surface area contributed by atoms with E-state index in [-0.39, 0.29) is 12.5 Å². The quantitative estimate of drug-likeness (QED) is 0.599. The van der Waals surface area contributed by atoms with E-state index in [4.69, 9.17) is 23.2 Å². The highest BCUT2D eigenvalue weighted by Gasteiger charge is 2.05. The van der Waals surface area contributed by atoms with Crippen LogP contribution in [0, 0.1) is 0 Å². The number of nitrogens with zero attached hydrogens (tertiary/aromatic N) is 2. The number of hydrazone groups is 1. The number of carbonyl (C=O) groups is 1. The highest BCUT2D eigenvalue weighted by atomic mass is 35.5. The van der Waals surface area contributed by atoms with E-state index in [1.807, 2.05) is 18.2 Å². The minimum Gasteiger partial charge on any atom is -0.376 e. The number of carbonyl (C=O) groups excluding carboxylic acids is 1. The largest absolute Gasteiger partial charge is 0.376 e. The summed E-state index contributed by atoms with van der Waals surface area (Å²) in [5.41, 5.74) is 5.03. The fourth-order valence-corrected chi connectivity index (χ4v) is 2.41. The zero-order valence-corrected chi connectivity index (χ0v) is 14.9. The van der Waals surface area contributed by atoms with Crippen LogP contribution in [0.5, 0.6) is 0 Å². The van der Waals surface area contributed by atoms with Crippen LogP contribution in [0.2, 0.25) is 10.0 Å². The van der Waals surface area contributed by atoms with Gasteiger partial charge in [-0.25, -0.2) is 5.43 Å². The number of halogens is 2. The first-order valence-corrected chi connectivity index (χ1v) is 8.17. The van der Waals surface area contributed by atoms with Gasteiger partial charge in [0.2, 0.25) is 0 Å². The van der Waals surface area contributed by atoms with Gasteiger partial charge in [0.1, 0.15) is 0 Å². The number of rotatable bonds is 6. The van der Waals surface area contributed by atoms with Crippen molar-refractivity contribution in [2.75, 3.05) is 11.9 Å². The number of hydrogen-bond donors (Lipinski definition) is 2. The molecule has 2 rings (SSSR count). The fraction of sp³-hybridized carbons (Fsp3) is 0.235. The van der Waals surface area contributed by atoms with Crippen molar-refractivity contribution in [1.29, 1.82) is 0 Å². The summed E-state index contributed by atoms with van der Waals surface area (Å²) in [6, 6.07) is 7.96. The van der Waals surface area contributed by atoms with Gasteiger partial charge in [0.15, 0.2) is 0 Å². The summed E-state index contributed by atoms with van der Waals surface area (Å²) in [4.78, 5) is 15.7. The molecule has 1 aromatic heterocycles. The lowest BCUT2D eigenvalue weighted by atomic mass is 10.0. The summed E-state index contributed by atoms with van der Waals surface area (Å²) in [5.74, 6) is 0.155. The fourth-order valence-electron chi connectivity index (χ4n) is 1.94. The van der Waals surface area contributed by atoms with Gasteiger partial charge in [0.25, 0.3) is 5.91 Å². The molecule has 0 aliphatic rings. The molecule has 0 atom stereocenters. The first kappa shape index (κ1) is 18.2. The molecule has 24 heavy (non-hydrogen) atoms. The van der Waals surface area contributed by atoms with E-state index in [2.05, 4.69) is 40.7 Å². The highest BCUT2D eigenvalue weighted by Crippen LogP contribution is 2.20. The molecule has 7 heteroatoms. The molecule has 1 aromatic carbocycles. The standard InChI is InChI=1S/C17H18Cl2N4O/c1-11(2)12-4-3-5-13(6-12)21-10-17(24)23-22-7-14-15(18)8-20-9-16(14)19/h3-9,11,21H,10H2,1-2H3,(H,23,24). The lowest BCUT2D eigenvalue weighted by Crippen LogP contribution is -2.25. The molecule has 0 spiro atoms. The van der Waals surface area contributed by atoms with E-state index in [1.54, 1.807) is 0 Å². The third-order valence-electron chi connectivity index (χ3n) is 3.28. The van der Waals surface area contributed by atoms with Crippen LogP contribution in [0.1, 0.15) is 30.9 Å². The van der Waals surface area contributed by atoms with Crippen molar-refractivity contribution in [2.45, 2.75) is 19.8 Å². The van der Waals surface area contributed by atoms with Gasteiger partial charge in [-0.05, 0) is 23.6 Å². The number of hydrogen-bond acceptors (Lipinski definition) is 4. The van der Waals surface area contributed by atoms with Crippen LogP contribution in [0.4, 0.5) is 5.69 Å². The van der Waals surface area contributed by atoms with E-state index in [1.165, 1.54) is 24.2 Å². The average molecular weight is 365 g/mol. The third kappa shape index (κ3) is 5.22. The van der Waals surface area contributed by atoms with Gasteiger partial charge in [-0.1, -0.05) is 49.2 Å². The first-order chi connectivity index (χ1) is 11.5. The minimum atomic E-state index is -0.275. The van der Waals surface area contributed by atoms with Crippen molar-refractivity contribution in [2.24, 2.45) is 5.10 Å². The van der Waals surface area contributed by atoms with Crippen molar-refractivity contribution in [3.05, 3.63) is 57.8 Å². The SMILES string of the molecule is CC(C)c1cccc(NCC(=O)NN=Cc2c(Cl)cncc2Cl)c1. The van der Waals surface area contributed by atoms with Gasteiger partial charge in [0.05, 0.1) is 22.8 Å². The Morgan fingerprint density at radius 2 is 2.00 bits per heavy atom. The summed E-state index contributed by atoms with van der Waals surface area (Å²) < 4.78 is 0. The minimum absolute atomic E-state index is 0.108. The predicted molar refractivity (Wildman–Crippen MR) is 99.0 cm³/mol. The average Bonchev–Trinajstić information content (AvgIpc) is 2.56. The van der Waals surface area contributed by atoms with Crippen LogP contribution in [-0.2, 0) is 4.79 Å². The van der Waals surface area contributed by atoms with Gasteiger partial charge < -0.3 is 5.32 Å². The molecular formula is C17H18Cl2N4O. The number of aromatic nitrogens is 1. The Bertz CT molecular complexity index is 727. The molecule has 0 aliphatic heterocycles. The zero-order valence-electron chi connectivity index (χ0n) is 13.4. The van der Waals surface area contributed by atoms with E-state index in [0.29, 0.717) is 21.5 Å². The van der Waals surface area contributed by atoms with Gasteiger partial charge in [-0.3, -0.25) is 9.78 Å². The molecule has 0 unspecified atom stereocenters. The van der Waals surface area contributed by atoms with Gasteiger partial charge in [-0.2, -0.15) is 5.10 Å². The number of amides is 1. The second kappa shape index (κ2) is 8.66. The molecule has 2 N–H and O–H groups in total. The van der Waals surface area contributed by atoms with Gasteiger partial charge >= 0.3 is 0 Å². The van der Waals surface area contributed by atoms with Crippen LogP contribution in [0.25, 0.3) is 0 Å². The summed E-state index contributed by atoms with van der Waals surface area (Å²) in [6.07, 6.45) is 4.31. The predicted octanol–water partition coefficient (Wildman–Crippen LogP) is 4.07. The van der Waals surface area contributed by atoms with Crippen molar-refractivity contribution in [3.8, 4) is 0 Å². The molecule has 5 nitrogen and oxygen atoms in total. The number of pyridine rings is 1. The summed E-state index contributed by atoms with van der Waals surface area (Å²) in [7, 11) is 0.